The number of thiocarbonyl (C=S) groups is 1. The minimum absolute atomic E-state index is 0.0475. The summed E-state index contributed by atoms with van der Waals surface area (Å²) in [5.74, 6) is -0.355. The highest BCUT2D eigenvalue weighted by molar-refractivity contribution is 7.80. The van der Waals surface area contributed by atoms with Crippen LogP contribution < -0.4 is 16.0 Å². The van der Waals surface area contributed by atoms with Crippen molar-refractivity contribution in [1.29, 1.82) is 0 Å². The first-order valence-corrected chi connectivity index (χ1v) is 8.12. The predicted molar refractivity (Wildman–Crippen MR) is 104 cm³/mol. The number of nitrogens with one attached hydrogen (secondary N) is 3. The molecule has 25 heavy (non-hydrogen) atoms. The van der Waals surface area contributed by atoms with Gasteiger partial charge in [0.1, 0.15) is 0 Å². The molecule has 0 atom stereocenters. The maximum Gasteiger partial charge on any atom is 0.250 e. The van der Waals surface area contributed by atoms with E-state index in [2.05, 4.69) is 16.0 Å². The lowest BCUT2D eigenvalue weighted by Gasteiger charge is -2.09. The van der Waals surface area contributed by atoms with Gasteiger partial charge in [-0.05, 0) is 41.6 Å². The third-order valence-electron chi connectivity index (χ3n) is 3.32. The third-order valence-corrected chi connectivity index (χ3v) is 3.52. The summed E-state index contributed by atoms with van der Waals surface area (Å²) >= 11 is 5.12. The average molecular weight is 353 g/mol. The fourth-order valence-electron chi connectivity index (χ4n) is 2.03. The van der Waals surface area contributed by atoms with Crippen LogP contribution in [-0.4, -0.2) is 24.0 Å². The highest BCUT2D eigenvalue weighted by Crippen LogP contribution is 2.10. The second kappa shape index (κ2) is 9.34. The van der Waals surface area contributed by atoms with Gasteiger partial charge in [0.25, 0.3) is 0 Å². The quantitative estimate of drug-likeness (QED) is 0.571. The molecule has 0 aliphatic heterocycles. The van der Waals surface area contributed by atoms with E-state index in [0.717, 1.165) is 16.8 Å². The van der Waals surface area contributed by atoms with Crippen molar-refractivity contribution in [2.24, 2.45) is 0 Å². The second-order valence-corrected chi connectivity index (χ2v) is 5.64. The van der Waals surface area contributed by atoms with Gasteiger partial charge in [-0.2, -0.15) is 0 Å². The third kappa shape index (κ3) is 6.56. The molecule has 2 aromatic rings. The molecule has 2 aromatic carbocycles. The second-order valence-electron chi connectivity index (χ2n) is 5.23. The Balaban J connectivity index is 1.84. The van der Waals surface area contributed by atoms with Gasteiger partial charge in [-0.1, -0.05) is 42.5 Å². The zero-order valence-electron chi connectivity index (χ0n) is 13.8. The Morgan fingerprint density at radius 1 is 1.04 bits per heavy atom. The fourth-order valence-corrected chi connectivity index (χ4v) is 2.25. The number of amides is 2. The van der Waals surface area contributed by atoms with Crippen molar-refractivity contribution >= 4 is 40.9 Å². The van der Waals surface area contributed by atoms with Gasteiger partial charge in [-0.25, -0.2) is 0 Å². The molecule has 0 aromatic heterocycles. The summed E-state index contributed by atoms with van der Waals surface area (Å²) in [7, 11) is 1.60. The molecule has 0 heterocycles. The number of likely N-dealkylation sites (N-methyl/N-ethyl adjacent to an activating group) is 1. The fraction of sp³-hybridized carbons (Fsp3) is 0.105. The smallest absolute Gasteiger partial charge is 0.250 e. The lowest BCUT2D eigenvalue weighted by Crippen LogP contribution is -2.32. The summed E-state index contributed by atoms with van der Waals surface area (Å²) in [5.41, 5.74) is 2.56. The Hall–Kier alpha value is -2.99. The van der Waals surface area contributed by atoms with Crippen molar-refractivity contribution in [2.45, 2.75) is 6.42 Å². The zero-order chi connectivity index (χ0) is 18.1. The number of hydrogen-bond donors (Lipinski definition) is 3. The topological polar surface area (TPSA) is 70.2 Å². The molecule has 0 saturated carbocycles. The minimum atomic E-state index is -0.308. The molecule has 2 amide bonds. The van der Waals surface area contributed by atoms with E-state index < -0.39 is 0 Å². The molecule has 3 N–H and O–H groups in total. The monoisotopic (exact) mass is 353 g/mol. The van der Waals surface area contributed by atoms with Crippen LogP contribution in [0.2, 0.25) is 0 Å². The molecule has 0 saturated heterocycles. The normalized spacial score (nSPS) is 10.3. The van der Waals surface area contributed by atoms with Crippen LogP contribution in [0.4, 0.5) is 5.69 Å². The van der Waals surface area contributed by atoms with Crippen molar-refractivity contribution in [3.8, 4) is 0 Å². The maximum atomic E-state index is 11.9. The van der Waals surface area contributed by atoms with Crippen LogP contribution >= 0.6 is 12.2 Å². The molecule has 5 nitrogen and oxygen atoms in total. The van der Waals surface area contributed by atoms with Crippen molar-refractivity contribution in [2.75, 3.05) is 12.4 Å². The van der Waals surface area contributed by atoms with Crippen LogP contribution in [0.3, 0.4) is 0 Å². The molecular weight excluding hydrogens is 334 g/mol. The van der Waals surface area contributed by atoms with Crippen molar-refractivity contribution in [3.05, 3.63) is 71.8 Å². The van der Waals surface area contributed by atoms with Gasteiger partial charge in [-0.15, -0.1) is 0 Å². The SMILES string of the molecule is CNC(=O)Cc1ccc(NC(=S)NC(=O)/C=C/c2ccccc2)cc1. The Morgan fingerprint density at radius 3 is 2.36 bits per heavy atom. The Bertz CT molecular complexity index is 771. The van der Waals surface area contributed by atoms with Crippen molar-refractivity contribution in [3.63, 3.8) is 0 Å². The van der Waals surface area contributed by atoms with Gasteiger partial charge in [0.2, 0.25) is 11.8 Å². The molecule has 0 aliphatic carbocycles. The van der Waals surface area contributed by atoms with E-state index >= 15 is 0 Å². The summed E-state index contributed by atoms with van der Waals surface area (Å²) in [4.78, 5) is 23.2. The van der Waals surface area contributed by atoms with Crippen LogP contribution in [0.15, 0.2) is 60.7 Å². The minimum Gasteiger partial charge on any atom is -0.359 e. The van der Waals surface area contributed by atoms with Gasteiger partial charge in [0.05, 0.1) is 6.42 Å². The first kappa shape index (κ1) is 18.4. The number of carbonyl (C=O) groups is 2. The highest BCUT2D eigenvalue weighted by Gasteiger charge is 2.03. The van der Waals surface area contributed by atoms with E-state index in [9.17, 15) is 9.59 Å². The number of carbonyl (C=O) groups excluding carboxylic acids is 2. The average Bonchev–Trinajstić information content (AvgIpc) is 2.62. The summed E-state index contributed by atoms with van der Waals surface area (Å²) in [6, 6.07) is 16.8. The van der Waals surface area contributed by atoms with Crippen LogP contribution in [-0.2, 0) is 16.0 Å². The predicted octanol–water partition coefficient (Wildman–Crippen LogP) is 2.50. The van der Waals surface area contributed by atoms with E-state index in [0.29, 0.717) is 6.42 Å². The van der Waals surface area contributed by atoms with E-state index in [4.69, 9.17) is 12.2 Å². The molecule has 128 valence electrons. The van der Waals surface area contributed by atoms with E-state index in [1.165, 1.54) is 6.08 Å². The van der Waals surface area contributed by atoms with Gasteiger partial charge in [0, 0.05) is 18.8 Å². The number of benzene rings is 2. The Labute approximate surface area is 152 Å². The molecular formula is C19H19N3O2S. The number of anilines is 1. The maximum absolute atomic E-state index is 11.9. The van der Waals surface area contributed by atoms with Crippen molar-refractivity contribution in [1.82, 2.24) is 10.6 Å². The summed E-state index contributed by atoms with van der Waals surface area (Å²) in [6.45, 7) is 0. The Morgan fingerprint density at radius 2 is 1.72 bits per heavy atom. The van der Waals surface area contributed by atoms with E-state index in [1.807, 2.05) is 42.5 Å². The molecule has 0 unspecified atom stereocenters. The van der Waals surface area contributed by atoms with Gasteiger partial charge >= 0.3 is 0 Å². The van der Waals surface area contributed by atoms with Gasteiger partial charge in [-0.3, -0.25) is 14.9 Å². The van der Waals surface area contributed by atoms with Gasteiger partial charge in [0.15, 0.2) is 5.11 Å². The first-order chi connectivity index (χ1) is 12.1. The van der Waals surface area contributed by atoms with Crippen LogP contribution in [0.25, 0.3) is 6.08 Å². The molecule has 0 spiro atoms. The number of hydrogen-bond acceptors (Lipinski definition) is 3. The largest absolute Gasteiger partial charge is 0.359 e. The van der Waals surface area contributed by atoms with E-state index in [-0.39, 0.29) is 16.9 Å². The summed E-state index contributed by atoms with van der Waals surface area (Å²) in [5, 5.41) is 8.30. The van der Waals surface area contributed by atoms with E-state index in [1.54, 1.807) is 25.3 Å². The molecule has 0 aliphatic rings. The number of rotatable bonds is 5. The zero-order valence-corrected chi connectivity index (χ0v) is 14.6. The Kier molecular flexibility index (Phi) is 6.86. The summed E-state index contributed by atoms with van der Waals surface area (Å²) in [6.07, 6.45) is 3.46. The molecule has 6 heteroatoms. The lowest BCUT2D eigenvalue weighted by atomic mass is 10.1. The highest BCUT2D eigenvalue weighted by atomic mass is 32.1. The van der Waals surface area contributed by atoms with Crippen LogP contribution in [0.1, 0.15) is 11.1 Å². The lowest BCUT2D eigenvalue weighted by molar-refractivity contribution is -0.120. The first-order valence-electron chi connectivity index (χ1n) is 7.71. The summed E-state index contributed by atoms with van der Waals surface area (Å²) < 4.78 is 0. The molecule has 0 fully saturated rings. The van der Waals surface area contributed by atoms with Crippen LogP contribution in [0, 0.1) is 0 Å². The standard InChI is InChI=1S/C19H19N3O2S/c1-20-18(24)13-15-7-10-16(11-8-15)21-19(25)22-17(23)12-9-14-5-3-2-4-6-14/h2-12H,13H2,1H3,(H,20,24)(H2,21,22,23,25)/b12-9+. The molecule has 0 radical (unpaired) electrons. The molecule has 2 rings (SSSR count). The molecule has 0 bridgehead atoms. The van der Waals surface area contributed by atoms with Crippen molar-refractivity contribution < 1.29 is 9.59 Å². The van der Waals surface area contributed by atoms with Gasteiger partial charge < -0.3 is 10.6 Å². The van der Waals surface area contributed by atoms with Crippen LogP contribution in [0.5, 0.6) is 0 Å².